The van der Waals surface area contributed by atoms with E-state index in [1.165, 1.54) is 0 Å². The van der Waals surface area contributed by atoms with Gasteiger partial charge in [-0.2, -0.15) is 0 Å². The van der Waals surface area contributed by atoms with Gasteiger partial charge in [0.25, 0.3) is 0 Å². The number of pyridine rings is 1. The largest absolute Gasteiger partial charge is 0.392 e. The summed E-state index contributed by atoms with van der Waals surface area (Å²) >= 11 is 4.99. The molecule has 0 atom stereocenters. The van der Waals surface area contributed by atoms with Crippen molar-refractivity contribution in [3.05, 3.63) is 36.7 Å². The monoisotopic (exact) mass is 271 g/mol. The molecule has 0 radical (unpaired) electrons. The van der Waals surface area contributed by atoms with Crippen LogP contribution in [-0.4, -0.2) is 15.9 Å². The third-order valence-electron chi connectivity index (χ3n) is 3.59. The first kappa shape index (κ1) is 12.0. The summed E-state index contributed by atoms with van der Waals surface area (Å²) in [4.78, 5) is 16.7. The molecular formula is C14H13N3OS. The molecule has 1 aliphatic carbocycles. The molecule has 0 saturated heterocycles. The Morgan fingerprint density at radius 1 is 1.37 bits per heavy atom. The topological polar surface area (TPSA) is 68.0 Å². The van der Waals surface area contributed by atoms with Crippen molar-refractivity contribution in [3.8, 4) is 0 Å². The summed E-state index contributed by atoms with van der Waals surface area (Å²) in [6.07, 6.45) is 4.94. The molecule has 0 spiro atoms. The summed E-state index contributed by atoms with van der Waals surface area (Å²) in [5.41, 5.74) is 5.77. The van der Waals surface area contributed by atoms with E-state index in [1.807, 2.05) is 24.3 Å². The third kappa shape index (κ3) is 1.96. The lowest BCUT2D eigenvalue weighted by atomic mass is 10.1. The van der Waals surface area contributed by atoms with Crippen molar-refractivity contribution in [2.24, 2.45) is 11.1 Å². The molecule has 3 N–H and O–H groups in total. The number of anilines is 1. The van der Waals surface area contributed by atoms with Crippen LogP contribution in [0.5, 0.6) is 0 Å². The second kappa shape index (κ2) is 4.28. The fourth-order valence-corrected chi connectivity index (χ4v) is 2.47. The normalized spacial score (nSPS) is 16.0. The number of amides is 1. The minimum Gasteiger partial charge on any atom is -0.392 e. The first-order valence-corrected chi connectivity index (χ1v) is 6.48. The minimum atomic E-state index is -0.639. The van der Waals surface area contributed by atoms with E-state index < -0.39 is 5.41 Å². The molecule has 1 saturated carbocycles. The Balaban J connectivity index is 1.94. The Morgan fingerprint density at radius 2 is 2.16 bits per heavy atom. The highest BCUT2D eigenvalue weighted by molar-refractivity contribution is 7.80. The molecule has 0 bridgehead atoms. The van der Waals surface area contributed by atoms with Crippen LogP contribution < -0.4 is 11.1 Å². The molecule has 2 aromatic rings. The number of nitrogens with zero attached hydrogens (tertiary/aromatic N) is 1. The van der Waals surface area contributed by atoms with Gasteiger partial charge in [-0.25, -0.2) is 0 Å². The number of hydrogen-bond donors (Lipinski definition) is 2. The lowest BCUT2D eigenvalue weighted by molar-refractivity contribution is -0.118. The summed E-state index contributed by atoms with van der Waals surface area (Å²) in [5.74, 6) is -0.114. The van der Waals surface area contributed by atoms with Gasteiger partial charge in [-0.1, -0.05) is 24.4 Å². The minimum absolute atomic E-state index is 0.114. The quantitative estimate of drug-likeness (QED) is 0.840. The zero-order valence-corrected chi connectivity index (χ0v) is 11.0. The van der Waals surface area contributed by atoms with E-state index in [9.17, 15) is 4.79 Å². The molecule has 0 unspecified atom stereocenters. The molecule has 1 heterocycles. The molecular weight excluding hydrogens is 258 g/mol. The SMILES string of the molecule is NC(=S)C1(C(=O)Nc2cccc3ccncc23)CC1. The van der Waals surface area contributed by atoms with Gasteiger partial charge < -0.3 is 11.1 Å². The maximum atomic E-state index is 12.3. The van der Waals surface area contributed by atoms with Gasteiger partial charge >= 0.3 is 0 Å². The number of thiocarbonyl (C=S) groups is 1. The molecule has 0 aliphatic heterocycles. The van der Waals surface area contributed by atoms with E-state index in [0.29, 0.717) is 0 Å². The molecule has 19 heavy (non-hydrogen) atoms. The van der Waals surface area contributed by atoms with Gasteiger partial charge in [0.1, 0.15) is 0 Å². The number of carbonyl (C=O) groups excluding carboxylic acids is 1. The van der Waals surface area contributed by atoms with E-state index in [1.54, 1.807) is 12.4 Å². The molecule has 1 aromatic carbocycles. The van der Waals surface area contributed by atoms with Gasteiger partial charge in [0, 0.05) is 17.8 Å². The van der Waals surface area contributed by atoms with Crippen molar-refractivity contribution in [3.63, 3.8) is 0 Å². The smallest absolute Gasteiger partial charge is 0.237 e. The maximum Gasteiger partial charge on any atom is 0.237 e. The van der Waals surface area contributed by atoms with Crippen LogP contribution in [0.3, 0.4) is 0 Å². The van der Waals surface area contributed by atoms with Gasteiger partial charge in [0.05, 0.1) is 16.1 Å². The van der Waals surface area contributed by atoms with E-state index in [0.717, 1.165) is 29.3 Å². The van der Waals surface area contributed by atoms with Crippen LogP contribution >= 0.6 is 12.2 Å². The summed E-state index contributed by atoms with van der Waals surface area (Å²) in [6.45, 7) is 0. The lowest BCUT2D eigenvalue weighted by Crippen LogP contribution is -2.35. The van der Waals surface area contributed by atoms with Crippen LogP contribution in [0.25, 0.3) is 10.8 Å². The fraction of sp³-hybridized carbons (Fsp3) is 0.214. The van der Waals surface area contributed by atoms with Gasteiger partial charge in [0.15, 0.2) is 0 Å². The van der Waals surface area contributed by atoms with Crippen molar-refractivity contribution >= 4 is 39.6 Å². The molecule has 4 nitrogen and oxygen atoms in total. The second-order valence-corrected chi connectivity index (χ2v) is 5.24. The van der Waals surface area contributed by atoms with Gasteiger partial charge in [-0.15, -0.1) is 0 Å². The van der Waals surface area contributed by atoms with Crippen LogP contribution in [0.1, 0.15) is 12.8 Å². The van der Waals surface area contributed by atoms with Crippen LogP contribution in [0.2, 0.25) is 0 Å². The number of hydrogen-bond acceptors (Lipinski definition) is 3. The zero-order valence-electron chi connectivity index (χ0n) is 10.2. The number of nitrogens with two attached hydrogens (primary N) is 1. The summed E-state index contributed by atoms with van der Waals surface area (Å²) in [5, 5.41) is 4.87. The average Bonchev–Trinajstić information content (AvgIpc) is 3.20. The van der Waals surface area contributed by atoms with E-state index in [4.69, 9.17) is 18.0 Å². The van der Waals surface area contributed by atoms with Crippen molar-refractivity contribution in [2.75, 3.05) is 5.32 Å². The average molecular weight is 271 g/mol. The number of rotatable bonds is 3. The Hall–Kier alpha value is -2.01. The number of benzene rings is 1. The first-order chi connectivity index (χ1) is 9.13. The van der Waals surface area contributed by atoms with Crippen LogP contribution in [0.15, 0.2) is 36.7 Å². The number of nitrogens with one attached hydrogen (secondary N) is 1. The van der Waals surface area contributed by atoms with E-state index >= 15 is 0 Å². The van der Waals surface area contributed by atoms with Crippen LogP contribution in [0.4, 0.5) is 5.69 Å². The second-order valence-electron chi connectivity index (χ2n) is 4.80. The predicted octanol–water partition coefficient (Wildman–Crippen LogP) is 2.24. The molecule has 1 fully saturated rings. The molecule has 1 aromatic heterocycles. The van der Waals surface area contributed by atoms with E-state index in [2.05, 4.69) is 10.3 Å². The maximum absolute atomic E-state index is 12.3. The Morgan fingerprint density at radius 3 is 2.84 bits per heavy atom. The third-order valence-corrected chi connectivity index (χ3v) is 3.98. The summed E-state index contributed by atoms with van der Waals surface area (Å²) in [6, 6.07) is 7.65. The van der Waals surface area contributed by atoms with Crippen molar-refractivity contribution < 1.29 is 4.79 Å². The number of carbonyl (C=O) groups is 1. The van der Waals surface area contributed by atoms with Crippen molar-refractivity contribution in [2.45, 2.75) is 12.8 Å². The van der Waals surface area contributed by atoms with Gasteiger partial charge in [0.2, 0.25) is 5.91 Å². The summed E-state index contributed by atoms with van der Waals surface area (Å²) < 4.78 is 0. The van der Waals surface area contributed by atoms with Crippen molar-refractivity contribution in [1.82, 2.24) is 4.98 Å². The first-order valence-electron chi connectivity index (χ1n) is 6.08. The van der Waals surface area contributed by atoms with Crippen LogP contribution in [0, 0.1) is 5.41 Å². The Kier molecular flexibility index (Phi) is 2.71. The Labute approximate surface area is 116 Å². The molecule has 5 heteroatoms. The number of fused-ring (bicyclic) bond motifs is 1. The number of aromatic nitrogens is 1. The highest BCUT2D eigenvalue weighted by Crippen LogP contribution is 2.47. The highest BCUT2D eigenvalue weighted by Gasteiger charge is 2.52. The Bertz CT molecular complexity index is 674. The fourth-order valence-electron chi connectivity index (χ4n) is 2.17. The summed E-state index contributed by atoms with van der Waals surface area (Å²) in [7, 11) is 0. The highest BCUT2D eigenvalue weighted by atomic mass is 32.1. The predicted molar refractivity (Wildman–Crippen MR) is 78.8 cm³/mol. The van der Waals surface area contributed by atoms with E-state index in [-0.39, 0.29) is 10.9 Å². The molecule has 3 rings (SSSR count). The van der Waals surface area contributed by atoms with Crippen LogP contribution in [-0.2, 0) is 4.79 Å². The zero-order chi connectivity index (χ0) is 13.5. The van der Waals surface area contributed by atoms with Gasteiger partial charge in [-0.3, -0.25) is 9.78 Å². The molecule has 1 amide bonds. The van der Waals surface area contributed by atoms with Crippen molar-refractivity contribution in [1.29, 1.82) is 0 Å². The molecule has 1 aliphatic rings. The standard InChI is InChI=1S/C14H13N3OS/c15-12(19)14(5-6-14)13(18)17-11-3-1-2-9-4-7-16-8-10(9)11/h1-4,7-8H,5-6H2,(H2,15,19)(H,17,18). The molecule has 96 valence electrons. The van der Waals surface area contributed by atoms with Gasteiger partial charge in [-0.05, 0) is 30.4 Å². The lowest BCUT2D eigenvalue weighted by Gasteiger charge is -2.14.